The Balaban J connectivity index is 1.53. The van der Waals surface area contributed by atoms with Gasteiger partial charge in [-0.2, -0.15) is 0 Å². The van der Waals surface area contributed by atoms with E-state index in [4.69, 9.17) is 4.99 Å². The summed E-state index contributed by atoms with van der Waals surface area (Å²) < 4.78 is 0. The number of nitrogens with one attached hydrogen (secondary N) is 1. The Labute approximate surface area is 194 Å². The second kappa shape index (κ2) is 10.5. The van der Waals surface area contributed by atoms with Gasteiger partial charge in [-0.3, -0.25) is 19.5 Å². The quantitative estimate of drug-likeness (QED) is 0.543. The van der Waals surface area contributed by atoms with Crippen molar-refractivity contribution in [2.75, 3.05) is 11.9 Å². The topological polar surface area (TPSA) is 100 Å². The number of aromatic nitrogens is 3. The molecular weight excluding hydrogens is 444 g/mol. The Morgan fingerprint density at radius 1 is 1.22 bits per heavy atom. The lowest BCUT2D eigenvalue weighted by Crippen LogP contribution is -2.35. The maximum absolute atomic E-state index is 13.2. The number of amides is 2. The second-order valence-electron chi connectivity index (χ2n) is 6.99. The zero-order valence-corrected chi connectivity index (χ0v) is 19.1. The molecule has 0 saturated carbocycles. The molecule has 10 heteroatoms. The molecule has 32 heavy (non-hydrogen) atoms. The molecule has 0 spiro atoms. The molecule has 1 atom stereocenters. The summed E-state index contributed by atoms with van der Waals surface area (Å²) in [5.74, 6) is -0.0423. The van der Waals surface area contributed by atoms with Crippen LogP contribution in [0.4, 0.5) is 11.5 Å². The van der Waals surface area contributed by atoms with Crippen molar-refractivity contribution in [3.63, 3.8) is 0 Å². The molecule has 0 radical (unpaired) electrons. The van der Waals surface area contributed by atoms with Crippen molar-refractivity contribution in [2.45, 2.75) is 31.4 Å². The van der Waals surface area contributed by atoms with Gasteiger partial charge in [0.1, 0.15) is 5.25 Å². The molecule has 3 heterocycles. The number of amidine groups is 1. The van der Waals surface area contributed by atoms with Gasteiger partial charge in [0.2, 0.25) is 11.8 Å². The molecule has 1 unspecified atom stereocenters. The average Bonchev–Trinajstić information content (AvgIpc) is 3.42. The van der Waals surface area contributed by atoms with Gasteiger partial charge in [0.05, 0.1) is 16.9 Å². The van der Waals surface area contributed by atoms with E-state index in [1.165, 1.54) is 30.4 Å². The van der Waals surface area contributed by atoms with Crippen LogP contribution >= 0.6 is 23.1 Å². The predicted octanol–water partition coefficient (Wildman–Crippen LogP) is 3.70. The molecule has 4 rings (SSSR count). The van der Waals surface area contributed by atoms with E-state index in [-0.39, 0.29) is 18.2 Å². The van der Waals surface area contributed by atoms with E-state index in [1.807, 2.05) is 29.6 Å². The first-order chi connectivity index (χ1) is 15.6. The molecule has 164 valence electrons. The van der Waals surface area contributed by atoms with Gasteiger partial charge in [-0.25, -0.2) is 15.0 Å². The summed E-state index contributed by atoms with van der Waals surface area (Å²) in [6.45, 7) is 2.54. The highest BCUT2D eigenvalue weighted by molar-refractivity contribution is 8.15. The number of benzene rings is 1. The SMILES string of the molecule is CCc1ccccc1N=C1SC(CC(=O)Nc2cnccn2)C(=O)N1CCc1nccs1. The predicted molar refractivity (Wildman–Crippen MR) is 127 cm³/mol. The fourth-order valence-electron chi connectivity index (χ4n) is 3.26. The average molecular weight is 467 g/mol. The first-order valence-corrected chi connectivity index (χ1v) is 12.0. The number of aliphatic imine (C=N–C) groups is 1. The van der Waals surface area contributed by atoms with Crippen molar-refractivity contribution in [3.05, 3.63) is 65.0 Å². The van der Waals surface area contributed by atoms with Gasteiger partial charge in [0, 0.05) is 43.4 Å². The van der Waals surface area contributed by atoms with E-state index >= 15 is 0 Å². The van der Waals surface area contributed by atoms with Crippen LogP contribution in [0.5, 0.6) is 0 Å². The zero-order valence-electron chi connectivity index (χ0n) is 17.5. The molecule has 2 amide bonds. The highest BCUT2D eigenvalue weighted by Gasteiger charge is 2.39. The number of thioether (sulfide) groups is 1. The molecule has 1 aliphatic heterocycles. The van der Waals surface area contributed by atoms with E-state index < -0.39 is 5.25 Å². The summed E-state index contributed by atoms with van der Waals surface area (Å²) >= 11 is 2.89. The summed E-state index contributed by atoms with van der Waals surface area (Å²) in [5.41, 5.74) is 1.95. The zero-order chi connectivity index (χ0) is 22.3. The standard InChI is InChI=1S/C22H22N6O2S2/c1-2-15-5-3-4-6-16(15)26-22-28(11-7-20-25-10-12-31-20)21(30)17(32-22)13-19(29)27-18-14-23-8-9-24-18/h3-6,8-10,12,14,17H,2,7,11,13H2,1H3,(H,24,27,29). The third-order valence-corrected chi connectivity index (χ3v) is 6.86. The molecule has 1 aromatic carbocycles. The maximum atomic E-state index is 13.2. The molecule has 1 aliphatic rings. The van der Waals surface area contributed by atoms with Gasteiger partial charge in [-0.1, -0.05) is 36.9 Å². The van der Waals surface area contributed by atoms with E-state index in [0.29, 0.717) is 24.0 Å². The van der Waals surface area contributed by atoms with E-state index in [1.54, 1.807) is 22.4 Å². The Morgan fingerprint density at radius 2 is 2.09 bits per heavy atom. The van der Waals surface area contributed by atoms with Crippen LogP contribution in [-0.4, -0.2) is 48.6 Å². The van der Waals surface area contributed by atoms with Crippen molar-refractivity contribution in [3.8, 4) is 0 Å². The van der Waals surface area contributed by atoms with Crippen molar-refractivity contribution < 1.29 is 9.59 Å². The third kappa shape index (κ3) is 5.38. The van der Waals surface area contributed by atoms with Crippen LogP contribution < -0.4 is 5.32 Å². The highest BCUT2D eigenvalue weighted by Crippen LogP contribution is 2.33. The number of hydrogen-bond donors (Lipinski definition) is 1. The minimum atomic E-state index is -0.546. The van der Waals surface area contributed by atoms with Gasteiger partial charge in [-0.05, 0) is 18.1 Å². The van der Waals surface area contributed by atoms with Crippen molar-refractivity contribution in [2.24, 2.45) is 4.99 Å². The molecule has 0 bridgehead atoms. The van der Waals surface area contributed by atoms with Crippen LogP contribution in [0.15, 0.2) is 59.4 Å². The normalized spacial score (nSPS) is 17.2. The first-order valence-electron chi connectivity index (χ1n) is 10.2. The Morgan fingerprint density at radius 3 is 2.84 bits per heavy atom. The smallest absolute Gasteiger partial charge is 0.242 e. The fraction of sp³-hybridized carbons (Fsp3) is 0.273. The lowest BCUT2D eigenvalue weighted by Gasteiger charge is -2.16. The number of anilines is 1. The largest absolute Gasteiger partial charge is 0.309 e. The maximum Gasteiger partial charge on any atom is 0.242 e. The second-order valence-corrected chi connectivity index (χ2v) is 9.14. The lowest BCUT2D eigenvalue weighted by atomic mass is 10.1. The number of nitrogens with zero attached hydrogens (tertiary/aromatic N) is 5. The van der Waals surface area contributed by atoms with Crippen LogP contribution in [0.2, 0.25) is 0 Å². The minimum absolute atomic E-state index is 0.0300. The van der Waals surface area contributed by atoms with Gasteiger partial charge in [0.15, 0.2) is 11.0 Å². The molecule has 1 fully saturated rings. The molecule has 8 nitrogen and oxygen atoms in total. The minimum Gasteiger partial charge on any atom is -0.309 e. The molecule has 1 N–H and O–H groups in total. The number of carbonyl (C=O) groups excluding carboxylic acids is 2. The molecule has 0 aliphatic carbocycles. The van der Waals surface area contributed by atoms with E-state index in [2.05, 4.69) is 27.2 Å². The highest BCUT2D eigenvalue weighted by atomic mass is 32.2. The van der Waals surface area contributed by atoms with Gasteiger partial charge in [0.25, 0.3) is 0 Å². The molecule has 2 aromatic heterocycles. The van der Waals surface area contributed by atoms with Crippen molar-refractivity contribution in [1.82, 2.24) is 19.9 Å². The number of carbonyl (C=O) groups is 2. The Bertz CT molecular complexity index is 1100. The van der Waals surface area contributed by atoms with Crippen molar-refractivity contribution in [1.29, 1.82) is 0 Å². The monoisotopic (exact) mass is 466 g/mol. The number of rotatable bonds is 8. The van der Waals surface area contributed by atoms with Gasteiger partial charge < -0.3 is 5.32 Å². The van der Waals surface area contributed by atoms with Crippen molar-refractivity contribution >= 4 is 51.6 Å². The Hall–Kier alpha value is -3.11. The number of para-hydroxylation sites is 1. The fourth-order valence-corrected chi connectivity index (χ4v) is 5.05. The summed E-state index contributed by atoms with van der Waals surface area (Å²) in [6.07, 6.45) is 7.77. The van der Waals surface area contributed by atoms with Crippen LogP contribution in [0.1, 0.15) is 23.9 Å². The van der Waals surface area contributed by atoms with E-state index in [0.717, 1.165) is 22.7 Å². The van der Waals surface area contributed by atoms with Gasteiger partial charge >= 0.3 is 0 Å². The Kier molecular flexibility index (Phi) is 7.23. The molecular formula is C22H22N6O2S2. The van der Waals surface area contributed by atoms with Crippen LogP contribution in [0, 0.1) is 0 Å². The lowest BCUT2D eigenvalue weighted by molar-refractivity contribution is -0.128. The number of thiazole rings is 1. The molecule has 1 saturated heterocycles. The van der Waals surface area contributed by atoms with Crippen LogP contribution in [-0.2, 0) is 22.4 Å². The first kappa shape index (κ1) is 22.1. The summed E-state index contributed by atoms with van der Waals surface area (Å²) in [7, 11) is 0. The summed E-state index contributed by atoms with van der Waals surface area (Å²) in [5, 5.41) is 5.64. The summed E-state index contributed by atoms with van der Waals surface area (Å²) in [6, 6.07) is 7.90. The van der Waals surface area contributed by atoms with Gasteiger partial charge in [-0.15, -0.1) is 11.3 Å². The third-order valence-electron chi connectivity index (χ3n) is 4.84. The van der Waals surface area contributed by atoms with Crippen LogP contribution in [0.3, 0.4) is 0 Å². The van der Waals surface area contributed by atoms with Crippen LogP contribution in [0.25, 0.3) is 0 Å². The number of aryl methyl sites for hydroxylation is 1. The number of hydrogen-bond acceptors (Lipinski definition) is 8. The molecule has 3 aromatic rings. The summed E-state index contributed by atoms with van der Waals surface area (Å²) in [4.78, 5) is 44.5. The van der Waals surface area contributed by atoms with E-state index in [9.17, 15) is 9.59 Å².